The van der Waals surface area contributed by atoms with Crippen LogP contribution >= 0.6 is 0 Å². The number of nitrogens with one attached hydrogen (secondary N) is 1. The highest BCUT2D eigenvalue weighted by atomic mass is 16.5. The van der Waals surface area contributed by atoms with Crippen LogP contribution in [0, 0.1) is 0 Å². The quantitative estimate of drug-likeness (QED) is 0.441. The number of amides is 3. The fourth-order valence-electron chi connectivity index (χ4n) is 2.79. The summed E-state index contributed by atoms with van der Waals surface area (Å²) in [5.74, 6) is -2.23. The van der Waals surface area contributed by atoms with Gasteiger partial charge in [0.1, 0.15) is 0 Å². The number of benzene rings is 1. The normalized spacial score (nSPS) is 13.2. The molecule has 0 saturated heterocycles. The first-order chi connectivity index (χ1) is 14.1. The molecule has 1 aliphatic heterocycles. The third-order valence-corrected chi connectivity index (χ3v) is 4.39. The summed E-state index contributed by atoms with van der Waals surface area (Å²) in [7, 11) is 0. The van der Waals surface area contributed by atoms with Crippen LogP contribution in [0.2, 0.25) is 0 Å². The Hall–Kier alpha value is -3.75. The lowest BCUT2D eigenvalue weighted by atomic mass is 9.92. The van der Waals surface area contributed by atoms with Crippen molar-refractivity contribution in [1.29, 1.82) is 0 Å². The second kappa shape index (κ2) is 7.94. The largest absolute Gasteiger partial charge is 0.452 e. The van der Waals surface area contributed by atoms with Crippen molar-refractivity contribution < 1.29 is 28.4 Å². The summed E-state index contributed by atoms with van der Waals surface area (Å²) >= 11 is 0. The van der Waals surface area contributed by atoms with Crippen LogP contribution in [0.25, 0.3) is 0 Å². The molecule has 156 valence electrons. The summed E-state index contributed by atoms with van der Waals surface area (Å²) in [5, 5.41) is 6.34. The molecule has 30 heavy (non-hydrogen) atoms. The van der Waals surface area contributed by atoms with Crippen LogP contribution in [-0.4, -0.2) is 46.9 Å². The first-order valence-corrected chi connectivity index (χ1v) is 9.17. The molecule has 3 rings (SSSR count). The van der Waals surface area contributed by atoms with Gasteiger partial charge in [-0.2, -0.15) is 0 Å². The van der Waals surface area contributed by atoms with Crippen LogP contribution in [-0.2, 0) is 14.9 Å². The molecule has 1 aliphatic rings. The topological polar surface area (TPSA) is 119 Å². The van der Waals surface area contributed by atoms with Gasteiger partial charge in [0.05, 0.1) is 22.4 Å². The molecule has 2 heterocycles. The van der Waals surface area contributed by atoms with E-state index in [1.54, 1.807) is 6.07 Å². The van der Waals surface area contributed by atoms with E-state index in [1.165, 1.54) is 24.3 Å². The first-order valence-electron chi connectivity index (χ1n) is 9.17. The zero-order valence-corrected chi connectivity index (χ0v) is 16.9. The van der Waals surface area contributed by atoms with Gasteiger partial charge in [-0.25, -0.2) is 4.79 Å². The molecular weight excluding hydrogens is 390 g/mol. The minimum atomic E-state index is -0.802. The van der Waals surface area contributed by atoms with Gasteiger partial charge in [-0.05, 0) is 18.2 Å². The van der Waals surface area contributed by atoms with Gasteiger partial charge in [-0.1, -0.05) is 32.0 Å². The van der Waals surface area contributed by atoms with Gasteiger partial charge < -0.3 is 9.26 Å². The third-order valence-electron chi connectivity index (χ3n) is 4.39. The summed E-state index contributed by atoms with van der Waals surface area (Å²) in [6, 6.07) is 5.63. The van der Waals surface area contributed by atoms with E-state index in [9.17, 15) is 19.2 Å². The van der Waals surface area contributed by atoms with Crippen LogP contribution in [0.15, 0.2) is 41.4 Å². The lowest BCUT2D eigenvalue weighted by Gasteiger charge is -2.12. The lowest BCUT2D eigenvalue weighted by Crippen LogP contribution is -2.29. The van der Waals surface area contributed by atoms with E-state index in [-0.39, 0.29) is 34.5 Å². The van der Waals surface area contributed by atoms with Crippen LogP contribution in [0.5, 0.6) is 0 Å². The molecule has 0 saturated carbocycles. The van der Waals surface area contributed by atoms with E-state index >= 15 is 0 Å². The molecule has 1 aromatic carbocycles. The van der Waals surface area contributed by atoms with E-state index < -0.39 is 30.3 Å². The standard InChI is InChI=1S/C21H21N3O6/c1-5-8-24-18(26)13-7-6-12(9-14(13)19(24)27)20(28)29-11-16(25)22-17-10-15(23-30-17)21(2,3)4/h5-7,9-10H,1,8,11H2,2-4H3,(H,22,25). The zero-order valence-electron chi connectivity index (χ0n) is 16.9. The Morgan fingerprint density at radius 1 is 1.20 bits per heavy atom. The number of ether oxygens (including phenoxy) is 1. The second-order valence-corrected chi connectivity index (χ2v) is 7.72. The van der Waals surface area contributed by atoms with E-state index in [2.05, 4.69) is 17.1 Å². The molecule has 1 N–H and O–H groups in total. The molecule has 3 amide bonds. The summed E-state index contributed by atoms with van der Waals surface area (Å²) < 4.78 is 10.0. The molecule has 0 spiro atoms. The van der Waals surface area contributed by atoms with E-state index in [0.29, 0.717) is 5.69 Å². The fraction of sp³-hybridized carbons (Fsp3) is 0.286. The van der Waals surface area contributed by atoms with Crippen molar-refractivity contribution in [3.63, 3.8) is 0 Å². The van der Waals surface area contributed by atoms with Crippen LogP contribution in [0.3, 0.4) is 0 Å². The zero-order chi connectivity index (χ0) is 22.1. The highest BCUT2D eigenvalue weighted by molar-refractivity contribution is 6.22. The molecule has 9 heteroatoms. The molecule has 0 bridgehead atoms. The summed E-state index contributed by atoms with van der Waals surface area (Å²) in [6.07, 6.45) is 1.44. The number of esters is 1. The molecule has 0 fully saturated rings. The van der Waals surface area contributed by atoms with Crippen molar-refractivity contribution in [2.45, 2.75) is 26.2 Å². The summed E-state index contributed by atoms with van der Waals surface area (Å²) in [4.78, 5) is 49.9. The minimum Gasteiger partial charge on any atom is -0.452 e. The van der Waals surface area contributed by atoms with E-state index in [1.807, 2.05) is 20.8 Å². The highest BCUT2D eigenvalue weighted by Gasteiger charge is 2.35. The van der Waals surface area contributed by atoms with Gasteiger partial charge >= 0.3 is 5.97 Å². The van der Waals surface area contributed by atoms with Crippen LogP contribution < -0.4 is 5.32 Å². The summed E-state index contributed by atoms with van der Waals surface area (Å²) in [6.45, 7) is 8.88. The maximum absolute atomic E-state index is 12.3. The maximum Gasteiger partial charge on any atom is 0.338 e. The van der Waals surface area contributed by atoms with Gasteiger partial charge in [0, 0.05) is 18.0 Å². The number of anilines is 1. The Labute approximate surface area is 172 Å². The van der Waals surface area contributed by atoms with Crippen LogP contribution in [0.1, 0.15) is 57.5 Å². The number of aromatic nitrogens is 1. The average molecular weight is 411 g/mol. The van der Waals surface area contributed by atoms with Crippen molar-refractivity contribution in [3.05, 3.63) is 59.3 Å². The number of nitrogens with zero attached hydrogens (tertiary/aromatic N) is 2. The monoisotopic (exact) mass is 411 g/mol. The number of carbonyl (C=O) groups excluding carboxylic acids is 4. The lowest BCUT2D eigenvalue weighted by molar-refractivity contribution is -0.119. The first kappa shape index (κ1) is 21.0. The maximum atomic E-state index is 12.3. The molecule has 1 aromatic heterocycles. The molecule has 9 nitrogen and oxygen atoms in total. The Morgan fingerprint density at radius 2 is 1.90 bits per heavy atom. The van der Waals surface area contributed by atoms with Crippen molar-refractivity contribution in [3.8, 4) is 0 Å². The second-order valence-electron chi connectivity index (χ2n) is 7.72. The number of fused-ring (bicyclic) bond motifs is 1. The predicted molar refractivity (Wildman–Crippen MR) is 106 cm³/mol. The number of hydrogen-bond acceptors (Lipinski definition) is 7. The Bertz CT molecular complexity index is 1050. The molecule has 2 aromatic rings. The SMILES string of the molecule is C=CCN1C(=O)c2ccc(C(=O)OCC(=O)Nc3cc(C(C)(C)C)no3)cc2C1=O. The Balaban J connectivity index is 1.61. The van der Waals surface area contributed by atoms with Gasteiger partial charge in [0.25, 0.3) is 17.7 Å². The molecule has 0 unspecified atom stereocenters. The van der Waals surface area contributed by atoms with Gasteiger partial charge in [-0.3, -0.25) is 24.6 Å². The molecule has 0 atom stereocenters. The average Bonchev–Trinajstić information content (AvgIpc) is 3.25. The van der Waals surface area contributed by atoms with Gasteiger partial charge in [0.2, 0.25) is 5.88 Å². The number of rotatable bonds is 6. The Morgan fingerprint density at radius 3 is 2.53 bits per heavy atom. The summed E-state index contributed by atoms with van der Waals surface area (Å²) in [5.41, 5.74) is 0.788. The van der Waals surface area contributed by atoms with Crippen molar-refractivity contribution >= 4 is 29.6 Å². The molecule has 0 aliphatic carbocycles. The van der Waals surface area contributed by atoms with E-state index in [4.69, 9.17) is 9.26 Å². The molecular formula is C21H21N3O6. The molecule has 0 radical (unpaired) electrons. The smallest absolute Gasteiger partial charge is 0.338 e. The van der Waals surface area contributed by atoms with Crippen molar-refractivity contribution in [1.82, 2.24) is 10.1 Å². The third kappa shape index (κ3) is 4.14. The Kier molecular flexibility index (Phi) is 5.55. The number of carbonyl (C=O) groups is 4. The van der Waals surface area contributed by atoms with Gasteiger partial charge in [-0.15, -0.1) is 6.58 Å². The highest BCUT2D eigenvalue weighted by Crippen LogP contribution is 2.25. The van der Waals surface area contributed by atoms with Crippen LogP contribution in [0.4, 0.5) is 5.88 Å². The van der Waals surface area contributed by atoms with Crippen molar-refractivity contribution in [2.24, 2.45) is 0 Å². The van der Waals surface area contributed by atoms with E-state index in [0.717, 1.165) is 4.90 Å². The number of hydrogen-bond donors (Lipinski definition) is 1. The minimum absolute atomic E-state index is 0.0536. The van der Waals surface area contributed by atoms with Gasteiger partial charge in [0.15, 0.2) is 6.61 Å². The van der Waals surface area contributed by atoms with Crippen molar-refractivity contribution in [2.75, 3.05) is 18.5 Å². The number of imide groups is 1. The fourth-order valence-corrected chi connectivity index (χ4v) is 2.79. The predicted octanol–water partition coefficient (Wildman–Crippen LogP) is 2.55.